The Hall–Kier alpha value is -0.840. The molecule has 12 heteroatoms. The molecule has 0 aromatic carbocycles. The van der Waals surface area contributed by atoms with Crippen molar-refractivity contribution in [2.75, 3.05) is 40.0 Å². The molecule has 0 spiro atoms. The second-order valence-corrected chi connectivity index (χ2v) is 9.24. The van der Waals surface area contributed by atoms with E-state index >= 15 is 0 Å². The topological polar surface area (TPSA) is 117 Å². The summed E-state index contributed by atoms with van der Waals surface area (Å²) in [4.78, 5) is 38.4. The highest BCUT2D eigenvalue weighted by Gasteiger charge is 2.35. The lowest BCUT2D eigenvalue weighted by atomic mass is 10.1. The number of carbonyl (C=O) groups is 3. The van der Waals surface area contributed by atoms with Crippen LogP contribution in [-0.4, -0.2) is 89.7 Å². The zero-order chi connectivity index (χ0) is 21.5. The number of esters is 1. The van der Waals surface area contributed by atoms with Gasteiger partial charge in [-0.15, -0.1) is 0 Å². The van der Waals surface area contributed by atoms with Gasteiger partial charge in [0.05, 0.1) is 6.61 Å². The highest BCUT2D eigenvalue weighted by Crippen LogP contribution is 2.26. The predicted octanol–water partition coefficient (Wildman–Crippen LogP) is -0.152. The summed E-state index contributed by atoms with van der Waals surface area (Å²) in [6.07, 6.45) is -1.25. The molecule has 1 rings (SSSR count). The molecule has 162 valence electrons. The quantitative estimate of drug-likeness (QED) is 0.339. The molecule has 3 atom stereocenters. The van der Waals surface area contributed by atoms with Crippen LogP contribution in [0.4, 0.5) is 0 Å². The van der Waals surface area contributed by atoms with E-state index in [0.29, 0.717) is 13.1 Å². The fourth-order valence-electron chi connectivity index (χ4n) is 2.48. The summed E-state index contributed by atoms with van der Waals surface area (Å²) in [5, 5.41) is 15.3. The summed E-state index contributed by atoms with van der Waals surface area (Å²) in [6, 6.07) is -1.80. The van der Waals surface area contributed by atoms with Crippen molar-refractivity contribution in [3.63, 3.8) is 0 Å². The molecule has 1 fully saturated rings. The number of amides is 2. The number of alkyl halides is 3. The lowest BCUT2D eigenvalue weighted by Crippen LogP contribution is -2.61. The lowest BCUT2D eigenvalue weighted by Gasteiger charge is -2.35. The van der Waals surface area contributed by atoms with Crippen molar-refractivity contribution in [1.29, 1.82) is 0 Å². The van der Waals surface area contributed by atoms with Gasteiger partial charge in [0.2, 0.25) is 15.6 Å². The molecule has 0 aromatic heterocycles. The third kappa shape index (κ3) is 8.26. The number of carbonyl (C=O) groups excluding carboxylic acids is 3. The standard InChI is InChI=1S/C16H26Cl3N3O6/c1-9(2)12(23)13(24)21-11(7-27-3)14(25)22-5-4-20-10(6-22)15(26)28-8-16(17,18)19/h9-12,20,23H,4-8H2,1-3H3,(H,21,24)/t10-,11?,12-/m0/s1. The highest BCUT2D eigenvalue weighted by molar-refractivity contribution is 6.67. The Labute approximate surface area is 178 Å². The van der Waals surface area contributed by atoms with Gasteiger partial charge in [-0.25, -0.2) is 0 Å². The Morgan fingerprint density at radius 2 is 1.96 bits per heavy atom. The smallest absolute Gasteiger partial charge is 0.325 e. The minimum absolute atomic E-state index is 0.0142. The predicted molar refractivity (Wildman–Crippen MR) is 104 cm³/mol. The molecule has 28 heavy (non-hydrogen) atoms. The normalized spacial score (nSPS) is 19.9. The van der Waals surface area contributed by atoms with E-state index in [-0.39, 0.29) is 19.1 Å². The molecular formula is C16H26Cl3N3O6. The van der Waals surface area contributed by atoms with E-state index in [1.165, 1.54) is 12.0 Å². The molecule has 0 bridgehead atoms. The number of ether oxygens (including phenoxy) is 2. The fourth-order valence-corrected chi connectivity index (χ4v) is 2.65. The van der Waals surface area contributed by atoms with E-state index in [1.807, 2.05) is 0 Å². The minimum Gasteiger partial charge on any atom is -0.460 e. The molecule has 1 unspecified atom stereocenters. The number of nitrogens with one attached hydrogen (secondary N) is 2. The van der Waals surface area contributed by atoms with E-state index < -0.39 is 46.4 Å². The van der Waals surface area contributed by atoms with Crippen molar-refractivity contribution in [3.8, 4) is 0 Å². The van der Waals surface area contributed by atoms with Gasteiger partial charge in [0.25, 0.3) is 0 Å². The van der Waals surface area contributed by atoms with Crippen molar-refractivity contribution in [3.05, 3.63) is 0 Å². The minimum atomic E-state index is -1.73. The molecule has 0 aliphatic carbocycles. The monoisotopic (exact) mass is 461 g/mol. The van der Waals surface area contributed by atoms with Crippen LogP contribution in [0.25, 0.3) is 0 Å². The summed E-state index contributed by atoms with van der Waals surface area (Å²) in [5.74, 6) is -2.08. The van der Waals surface area contributed by atoms with Crippen molar-refractivity contribution in [1.82, 2.24) is 15.5 Å². The first-order chi connectivity index (χ1) is 13.0. The third-order valence-corrected chi connectivity index (χ3v) is 4.33. The zero-order valence-electron chi connectivity index (χ0n) is 15.9. The van der Waals surface area contributed by atoms with Crippen LogP contribution in [0.1, 0.15) is 13.8 Å². The van der Waals surface area contributed by atoms with E-state index in [4.69, 9.17) is 44.3 Å². The van der Waals surface area contributed by atoms with Crippen molar-refractivity contribution >= 4 is 52.6 Å². The Kier molecular flexibility index (Phi) is 10.2. The number of rotatable bonds is 8. The van der Waals surface area contributed by atoms with Crippen LogP contribution in [0.2, 0.25) is 0 Å². The fraction of sp³-hybridized carbons (Fsp3) is 0.812. The number of aliphatic hydroxyl groups is 1. The molecule has 1 aliphatic heterocycles. The van der Waals surface area contributed by atoms with Gasteiger partial charge in [-0.1, -0.05) is 48.7 Å². The Morgan fingerprint density at radius 3 is 2.50 bits per heavy atom. The van der Waals surface area contributed by atoms with E-state index in [9.17, 15) is 19.5 Å². The van der Waals surface area contributed by atoms with Crippen LogP contribution in [0.3, 0.4) is 0 Å². The van der Waals surface area contributed by atoms with Crippen molar-refractivity contribution in [2.24, 2.45) is 5.92 Å². The summed E-state index contributed by atoms with van der Waals surface area (Å²) in [6.45, 7) is 3.53. The Morgan fingerprint density at radius 1 is 1.32 bits per heavy atom. The van der Waals surface area contributed by atoms with Crippen molar-refractivity contribution in [2.45, 2.75) is 35.8 Å². The first kappa shape index (κ1) is 25.2. The first-order valence-electron chi connectivity index (χ1n) is 8.69. The molecule has 1 saturated heterocycles. The second kappa shape index (κ2) is 11.4. The maximum absolute atomic E-state index is 12.8. The Bertz CT molecular complexity index is 558. The van der Waals surface area contributed by atoms with Crippen LogP contribution >= 0.6 is 34.8 Å². The van der Waals surface area contributed by atoms with Gasteiger partial charge in [0, 0.05) is 26.7 Å². The lowest BCUT2D eigenvalue weighted by molar-refractivity contribution is -0.149. The summed E-state index contributed by atoms with van der Waals surface area (Å²) < 4.78 is 8.22. The van der Waals surface area contributed by atoms with E-state index in [0.717, 1.165) is 0 Å². The van der Waals surface area contributed by atoms with Crippen LogP contribution in [0.5, 0.6) is 0 Å². The van der Waals surface area contributed by atoms with Gasteiger partial charge in [-0.2, -0.15) is 0 Å². The number of nitrogens with zero attached hydrogens (tertiary/aromatic N) is 1. The van der Waals surface area contributed by atoms with Crippen LogP contribution in [-0.2, 0) is 23.9 Å². The molecule has 1 aliphatic rings. The number of hydrogen-bond donors (Lipinski definition) is 3. The number of piperazine rings is 1. The molecule has 0 radical (unpaired) electrons. The largest absolute Gasteiger partial charge is 0.460 e. The third-order valence-electron chi connectivity index (χ3n) is 4.00. The van der Waals surface area contributed by atoms with Gasteiger partial charge in [0.1, 0.15) is 24.8 Å². The second-order valence-electron chi connectivity index (χ2n) is 6.72. The molecule has 0 saturated carbocycles. The average molecular weight is 463 g/mol. The first-order valence-corrected chi connectivity index (χ1v) is 9.82. The Balaban J connectivity index is 2.72. The zero-order valence-corrected chi connectivity index (χ0v) is 18.2. The number of methoxy groups -OCH3 is 1. The van der Waals surface area contributed by atoms with E-state index in [2.05, 4.69) is 10.6 Å². The van der Waals surface area contributed by atoms with Gasteiger partial charge < -0.3 is 30.1 Å². The number of aliphatic hydroxyl groups excluding tert-OH is 1. The summed E-state index contributed by atoms with van der Waals surface area (Å²) in [5.41, 5.74) is 0. The highest BCUT2D eigenvalue weighted by atomic mass is 35.6. The molecular weight excluding hydrogens is 437 g/mol. The SMILES string of the molecule is COCC(NC(=O)[C@@H](O)C(C)C)C(=O)N1CCN[C@H](C(=O)OCC(Cl)(Cl)Cl)C1. The summed E-state index contributed by atoms with van der Waals surface area (Å²) >= 11 is 16.7. The van der Waals surface area contributed by atoms with Crippen molar-refractivity contribution < 1.29 is 29.0 Å². The van der Waals surface area contributed by atoms with Gasteiger partial charge in [-0.05, 0) is 5.92 Å². The van der Waals surface area contributed by atoms with Gasteiger partial charge in [0.15, 0.2) is 0 Å². The molecule has 0 aromatic rings. The van der Waals surface area contributed by atoms with Crippen LogP contribution < -0.4 is 10.6 Å². The summed E-state index contributed by atoms with van der Waals surface area (Å²) in [7, 11) is 1.39. The number of halogens is 3. The maximum Gasteiger partial charge on any atom is 0.325 e. The average Bonchev–Trinajstić information content (AvgIpc) is 2.63. The molecule has 2 amide bonds. The molecule has 3 N–H and O–H groups in total. The van der Waals surface area contributed by atoms with E-state index in [1.54, 1.807) is 13.8 Å². The van der Waals surface area contributed by atoms with Crippen LogP contribution in [0.15, 0.2) is 0 Å². The van der Waals surface area contributed by atoms with Gasteiger partial charge in [-0.3, -0.25) is 14.4 Å². The molecule has 9 nitrogen and oxygen atoms in total. The maximum atomic E-state index is 12.8. The molecule has 1 heterocycles. The van der Waals surface area contributed by atoms with Crippen LogP contribution in [0, 0.1) is 5.92 Å². The number of hydrogen-bond acceptors (Lipinski definition) is 7. The van der Waals surface area contributed by atoms with Gasteiger partial charge >= 0.3 is 5.97 Å².